The molecule has 0 aromatic heterocycles. The summed E-state index contributed by atoms with van der Waals surface area (Å²) in [6.45, 7) is 3.30. The lowest BCUT2D eigenvalue weighted by Gasteiger charge is -2.24. The second-order valence-electron chi connectivity index (χ2n) is 6.45. The number of carbonyl (C=O) groups excluding carboxylic acids is 2. The Morgan fingerprint density at radius 3 is 2.92 bits per heavy atom. The number of likely N-dealkylation sites (tertiary alicyclic amines) is 1. The number of hydrogen-bond acceptors (Lipinski definition) is 4. The first-order valence-electron chi connectivity index (χ1n) is 8.69. The minimum atomic E-state index is -0.0800. The van der Waals surface area contributed by atoms with Crippen LogP contribution in [0.5, 0.6) is 5.75 Å². The number of hydrogen-bond donors (Lipinski definition) is 2. The van der Waals surface area contributed by atoms with Crippen LogP contribution in [-0.2, 0) is 9.59 Å². The minimum Gasteiger partial charge on any atom is -0.492 e. The molecule has 0 spiro atoms. The molecule has 24 heavy (non-hydrogen) atoms. The van der Waals surface area contributed by atoms with Crippen LogP contribution in [0.2, 0.25) is 0 Å². The van der Waals surface area contributed by atoms with E-state index in [4.69, 9.17) is 4.74 Å². The van der Waals surface area contributed by atoms with E-state index in [-0.39, 0.29) is 23.8 Å². The molecular weight excluding hydrogens is 306 g/mol. The van der Waals surface area contributed by atoms with Gasteiger partial charge < -0.3 is 20.3 Å². The van der Waals surface area contributed by atoms with E-state index in [2.05, 4.69) is 10.6 Å². The molecule has 2 saturated heterocycles. The van der Waals surface area contributed by atoms with Crippen molar-refractivity contribution in [3.8, 4) is 5.75 Å². The fraction of sp³-hybridized carbons (Fsp3) is 0.556. The van der Waals surface area contributed by atoms with Crippen LogP contribution in [0.15, 0.2) is 30.3 Å². The van der Waals surface area contributed by atoms with Crippen LogP contribution in [0.4, 0.5) is 0 Å². The van der Waals surface area contributed by atoms with Gasteiger partial charge >= 0.3 is 0 Å². The minimum absolute atomic E-state index is 0.0318. The summed E-state index contributed by atoms with van der Waals surface area (Å²) in [5, 5.41) is 6.28. The van der Waals surface area contributed by atoms with Crippen molar-refractivity contribution in [1.82, 2.24) is 15.5 Å². The van der Waals surface area contributed by atoms with Gasteiger partial charge in [0.1, 0.15) is 12.4 Å². The highest BCUT2D eigenvalue weighted by Crippen LogP contribution is 2.15. The highest BCUT2D eigenvalue weighted by Gasteiger charge is 2.32. The number of carbonyl (C=O) groups is 2. The van der Waals surface area contributed by atoms with Gasteiger partial charge in [-0.3, -0.25) is 9.59 Å². The number of para-hydroxylation sites is 1. The first-order valence-corrected chi connectivity index (χ1v) is 8.69. The summed E-state index contributed by atoms with van der Waals surface area (Å²) < 4.78 is 5.64. The Labute approximate surface area is 142 Å². The Balaban J connectivity index is 1.41. The van der Waals surface area contributed by atoms with Crippen molar-refractivity contribution in [1.29, 1.82) is 0 Å². The average molecular weight is 331 g/mol. The molecular formula is C18H25N3O3. The Morgan fingerprint density at radius 1 is 1.33 bits per heavy atom. The molecule has 130 valence electrons. The maximum absolute atomic E-state index is 12.3. The van der Waals surface area contributed by atoms with Crippen molar-refractivity contribution < 1.29 is 14.3 Å². The number of benzene rings is 1. The molecule has 2 fully saturated rings. The van der Waals surface area contributed by atoms with Crippen LogP contribution in [0.3, 0.4) is 0 Å². The van der Waals surface area contributed by atoms with E-state index in [9.17, 15) is 9.59 Å². The van der Waals surface area contributed by atoms with Gasteiger partial charge in [0.15, 0.2) is 0 Å². The smallest absolute Gasteiger partial charge is 0.224 e. The zero-order valence-corrected chi connectivity index (χ0v) is 13.9. The quantitative estimate of drug-likeness (QED) is 0.808. The van der Waals surface area contributed by atoms with Crippen LogP contribution < -0.4 is 15.4 Å². The highest BCUT2D eigenvalue weighted by atomic mass is 16.5. The zero-order chi connectivity index (χ0) is 16.8. The van der Waals surface area contributed by atoms with E-state index >= 15 is 0 Å². The Morgan fingerprint density at radius 2 is 2.17 bits per heavy atom. The van der Waals surface area contributed by atoms with E-state index in [1.54, 1.807) is 4.90 Å². The Bertz CT molecular complexity index is 558. The fourth-order valence-corrected chi connectivity index (χ4v) is 3.27. The summed E-state index contributed by atoms with van der Waals surface area (Å²) in [5.74, 6) is 0.990. The third-order valence-corrected chi connectivity index (χ3v) is 4.60. The van der Waals surface area contributed by atoms with Gasteiger partial charge in [0.05, 0.1) is 18.5 Å². The molecule has 2 heterocycles. The third-order valence-electron chi connectivity index (χ3n) is 4.60. The molecule has 1 aromatic carbocycles. The van der Waals surface area contributed by atoms with Crippen LogP contribution in [0.25, 0.3) is 0 Å². The predicted octanol–water partition coefficient (Wildman–Crippen LogP) is 0.782. The zero-order valence-electron chi connectivity index (χ0n) is 13.9. The highest BCUT2D eigenvalue weighted by molar-refractivity contribution is 5.83. The molecule has 2 aliphatic rings. The van der Waals surface area contributed by atoms with Crippen LogP contribution in [0, 0.1) is 5.92 Å². The summed E-state index contributed by atoms with van der Waals surface area (Å²) in [5.41, 5.74) is 0. The molecule has 0 radical (unpaired) electrons. The van der Waals surface area contributed by atoms with Crippen molar-refractivity contribution in [3.63, 3.8) is 0 Å². The molecule has 6 nitrogen and oxygen atoms in total. The predicted molar refractivity (Wildman–Crippen MR) is 90.7 cm³/mol. The Hall–Kier alpha value is -2.08. The molecule has 2 unspecified atom stereocenters. The molecule has 2 amide bonds. The van der Waals surface area contributed by atoms with Gasteiger partial charge in [-0.1, -0.05) is 18.2 Å². The summed E-state index contributed by atoms with van der Waals surface area (Å²) in [4.78, 5) is 26.1. The number of rotatable bonds is 6. The topological polar surface area (TPSA) is 70.7 Å². The molecule has 6 heteroatoms. The van der Waals surface area contributed by atoms with Gasteiger partial charge in [-0.25, -0.2) is 0 Å². The third kappa shape index (κ3) is 4.47. The molecule has 2 atom stereocenters. The number of nitrogens with one attached hydrogen (secondary N) is 2. The maximum Gasteiger partial charge on any atom is 0.224 e. The van der Waals surface area contributed by atoms with Crippen molar-refractivity contribution in [2.45, 2.75) is 25.3 Å². The first-order chi connectivity index (χ1) is 11.7. The summed E-state index contributed by atoms with van der Waals surface area (Å²) >= 11 is 0. The molecule has 2 aliphatic heterocycles. The van der Waals surface area contributed by atoms with E-state index in [1.165, 1.54) is 0 Å². The van der Waals surface area contributed by atoms with Crippen molar-refractivity contribution in [2.75, 3.05) is 32.8 Å². The fourth-order valence-electron chi connectivity index (χ4n) is 3.27. The molecule has 1 aromatic rings. The number of piperidine rings is 1. The summed E-state index contributed by atoms with van der Waals surface area (Å²) in [6.07, 6.45) is 2.34. The van der Waals surface area contributed by atoms with Gasteiger partial charge in [-0.05, 0) is 31.5 Å². The molecule has 0 bridgehead atoms. The van der Waals surface area contributed by atoms with Crippen molar-refractivity contribution in [3.05, 3.63) is 30.3 Å². The molecule has 0 aliphatic carbocycles. The van der Waals surface area contributed by atoms with Crippen molar-refractivity contribution in [2.24, 2.45) is 5.92 Å². The van der Waals surface area contributed by atoms with Crippen LogP contribution in [0.1, 0.15) is 19.3 Å². The van der Waals surface area contributed by atoms with E-state index in [1.807, 2.05) is 30.3 Å². The number of amides is 2. The number of nitrogens with zero attached hydrogens (tertiary/aromatic N) is 1. The van der Waals surface area contributed by atoms with Gasteiger partial charge in [-0.15, -0.1) is 0 Å². The molecule has 0 saturated carbocycles. The average Bonchev–Trinajstić information content (AvgIpc) is 2.96. The van der Waals surface area contributed by atoms with Gasteiger partial charge in [-0.2, -0.15) is 0 Å². The standard InChI is InChI=1S/C18H25N3O3/c22-17-11-15(20-18(23)14-5-4-8-19-12-14)13-21(17)9-10-24-16-6-2-1-3-7-16/h1-3,6-7,14-15,19H,4-5,8-13H2,(H,20,23). The monoisotopic (exact) mass is 331 g/mol. The lowest BCUT2D eigenvalue weighted by molar-refractivity contribution is -0.128. The molecule has 2 N–H and O–H groups in total. The second kappa shape index (κ2) is 8.15. The largest absolute Gasteiger partial charge is 0.492 e. The molecule has 3 rings (SSSR count). The number of ether oxygens (including phenoxy) is 1. The summed E-state index contributed by atoms with van der Waals surface area (Å²) in [6, 6.07) is 9.49. The van der Waals surface area contributed by atoms with Gasteiger partial charge in [0.2, 0.25) is 11.8 Å². The second-order valence-corrected chi connectivity index (χ2v) is 6.45. The first kappa shape index (κ1) is 16.8. The normalized spacial score (nSPS) is 24.0. The Kier molecular flexibility index (Phi) is 5.69. The van der Waals surface area contributed by atoms with E-state index in [0.29, 0.717) is 26.1 Å². The van der Waals surface area contributed by atoms with Gasteiger partial charge in [0, 0.05) is 19.5 Å². The van der Waals surface area contributed by atoms with Crippen LogP contribution in [-0.4, -0.2) is 55.5 Å². The van der Waals surface area contributed by atoms with E-state index in [0.717, 1.165) is 31.7 Å². The van der Waals surface area contributed by atoms with Gasteiger partial charge in [0.25, 0.3) is 0 Å². The SMILES string of the molecule is O=C(NC1CC(=O)N(CCOc2ccccc2)C1)C1CCCNC1. The van der Waals surface area contributed by atoms with Crippen molar-refractivity contribution >= 4 is 11.8 Å². The summed E-state index contributed by atoms with van der Waals surface area (Å²) in [7, 11) is 0. The lowest BCUT2D eigenvalue weighted by Crippen LogP contribution is -2.45. The maximum atomic E-state index is 12.3. The van der Waals surface area contributed by atoms with Crippen LogP contribution >= 0.6 is 0 Å². The lowest BCUT2D eigenvalue weighted by atomic mass is 9.98. The van der Waals surface area contributed by atoms with E-state index < -0.39 is 0 Å².